The molecule has 0 spiro atoms. The highest BCUT2D eigenvalue weighted by molar-refractivity contribution is 7.16. The Balaban J connectivity index is 2.22. The largest absolute Gasteiger partial charge is 0.494 e. The Hall–Kier alpha value is -2.01. The van der Waals surface area contributed by atoms with E-state index in [1.165, 1.54) is 10.4 Å². The molecule has 1 aromatic carbocycles. The first-order valence-electron chi connectivity index (χ1n) is 7.04. The van der Waals surface area contributed by atoms with Crippen LogP contribution >= 0.6 is 11.3 Å². The minimum absolute atomic E-state index is 0.671. The molecule has 0 amide bonds. The molecule has 3 aromatic rings. The number of nitrogens with one attached hydrogen (secondary N) is 2. The second-order valence-corrected chi connectivity index (χ2v) is 6.14. The van der Waals surface area contributed by atoms with E-state index < -0.39 is 0 Å². The fraction of sp³-hybridized carbons (Fsp3) is 0.312. The Kier molecular flexibility index (Phi) is 3.59. The molecule has 110 valence electrons. The summed E-state index contributed by atoms with van der Waals surface area (Å²) >= 11 is 1.68. The fourth-order valence-electron chi connectivity index (χ4n) is 2.60. The lowest BCUT2D eigenvalue weighted by Gasteiger charge is -2.04. The van der Waals surface area contributed by atoms with Gasteiger partial charge in [-0.1, -0.05) is 0 Å². The second-order valence-electron chi connectivity index (χ2n) is 4.94. The molecular formula is C16H19N3OS. The Morgan fingerprint density at radius 2 is 2.14 bits per heavy atom. The van der Waals surface area contributed by atoms with Crippen molar-refractivity contribution in [2.24, 2.45) is 0 Å². The van der Waals surface area contributed by atoms with Gasteiger partial charge in [-0.05, 0) is 39.0 Å². The molecule has 2 heterocycles. The number of fused-ring (bicyclic) bond motifs is 1. The van der Waals surface area contributed by atoms with Crippen molar-refractivity contribution in [2.45, 2.75) is 20.8 Å². The van der Waals surface area contributed by atoms with Crippen molar-refractivity contribution < 1.29 is 4.74 Å². The van der Waals surface area contributed by atoms with Crippen molar-refractivity contribution in [3.8, 4) is 17.0 Å². The van der Waals surface area contributed by atoms with Crippen molar-refractivity contribution in [1.82, 2.24) is 9.97 Å². The molecule has 0 radical (unpaired) electrons. The van der Waals surface area contributed by atoms with Gasteiger partial charge in [0.25, 0.3) is 0 Å². The molecule has 0 unspecified atom stereocenters. The van der Waals surface area contributed by atoms with Crippen molar-refractivity contribution in [1.29, 1.82) is 0 Å². The molecule has 0 saturated heterocycles. The van der Waals surface area contributed by atoms with Crippen LogP contribution in [0.2, 0.25) is 0 Å². The SMILES string of the molecule is CCOc1ccc2[nH]c(C)c(-c3nc(NC)sc3C)c2c1. The van der Waals surface area contributed by atoms with Gasteiger partial charge in [0.1, 0.15) is 5.75 Å². The van der Waals surface area contributed by atoms with Crippen molar-refractivity contribution in [3.63, 3.8) is 0 Å². The molecule has 0 bridgehead atoms. The van der Waals surface area contributed by atoms with Crippen molar-refractivity contribution in [3.05, 3.63) is 28.8 Å². The van der Waals surface area contributed by atoms with E-state index in [9.17, 15) is 0 Å². The number of aromatic nitrogens is 2. The Labute approximate surface area is 128 Å². The number of H-pyrrole nitrogens is 1. The maximum absolute atomic E-state index is 5.63. The highest BCUT2D eigenvalue weighted by atomic mass is 32.1. The van der Waals surface area contributed by atoms with Gasteiger partial charge in [0.05, 0.1) is 12.3 Å². The van der Waals surface area contributed by atoms with Crippen LogP contribution in [0, 0.1) is 13.8 Å². The lowest BCUT2D eigenvalue weighted by atomic mass is 10.1. The highest BCUT2D eigenvalue weighted by Crippen LogP contribution is 2.38. The average molecular weight is 301 g/mol. The van der Waals surface area contributed by atoms with E-state index in [4.69, 9.17) is 9.72 Å². The standard InChI is InChI=1S/C16H19N3OS/c1-5-20-11-6-7-13-12(8-11)14(9(2)18-13)15-10(3)21-16(17-4)19-15/h6-8,18H,5H2,1-4H3,(H,17,19). The minimum atomic E-state index is 0.671. The van der Waals surface area contributed by atoms with E-state index in [1.807, 2.05) is 20.0 Å². The summed E-state index contributed by atoms with van der Waals surface area (Å²) in [5, 5.41) is 5.23. The molecule has 0 aliphatic rings. The summed E-state index contributed by atoms with van der Waals surface area (Å²) in [5.74, 6) is 0.895. The van der Waals surface area contributed by atoms with Crippen LogP contribution in [0.25, 0.3) is 22.2 Å². The van der Waals surface area contributed by atoms with Crippen LogP contribution in [0.15, 0.2) is 18.2 Å². The number of aromatic amines is 1. The van der Waals surface area contributed by atoms with Crippen molar-refractivity contribution in [2.75, 3.05) is 19.0 Å². The number of thiazole rings is 1. The molecule has 2 aromatic heterocycles. The van der Waals surface area contributed by atoms with Gasteiger partial charge >= 0.3 is 0 Å². The number of nitrogens with zero attached hydrogens (tertiary/aromatic N) is 1. The van der Waals surface area contributed by atoms with Crippen LogP contribution in [0.3, 0.4) is 0 Å². The van der Waals surface area contributed by atoms with Crippen molar-refractivity contribution >= 4 is 27.4 Å². The number of hydrogen-bond donors (Lipinski definition) is 2. The number of aryl methyl sites for hydroxylation is 2. The number of anilines is 1. The predicted molar refractivity (Wildman–Crippen MR) is 89.6 cm³/mol. The van der Waals surface area contributed by atoms with E-state index in [2.05, 4.69) is 36.3 Å². The first kappa shape index (κ1) is 13.9. The first-order valence-corrected chi connectivity index (χ1v) is 7.86. The number of rotatable bonds is 4. The highest BCUT2D eigenvalue weighted by Gasteiger charge is 2.17. The van der Waals surface area contributed by atoms with Gasteiger partial charge < -0.3 is 15.0 Å². The lowest BCUT2D eigenvalue weighted by molar-refractivity contribution is 0.341. The summed E-state index contributed by atoms with van der Waals surface area (Å²) in [6.45, 7) is 6.87. The Bertz CT molecular complexity index is 788. The second kappa shape index (κ2) is 5.41. The van der Waals surface area contributed by atoms with Crippen LogP contribution in [0.5, 0.6) is 5.75 Å². The van der Waals surface area contributed by atoms with E-state index in [0.29, 0.717) is 6.61 Å². The zero-order valence-electron chi connectivity index (χ0n) is 12.7. The minimum Gasteiger partial charge on any atom is -0.494 e. The van der Waals surface area contributed by atoms with Crippen LogP contribution in [0.1, 0.15) is 17.5 Å². The summed E-state index contributed by atoms with van der Waals surface area (Å²) in [7, 11) is 1.90. The molecule has 0 aliphatic heterocycles. The van der Waals surface area contributed by atoms with Crippen LogP contribution in [-0.2, 0) is 0 Å². The topological polar surface area (TPSA) is 49.9 Å². The Morgan fingerprint density at radius 1 is 1.33 bits per heavy atom. The Morgan fingerprint density at radius 3 is 2.81 bits per heavy atom. The summed E-state index contributed by atoms with van der Waals surface area (Å²) in [6.07, 6.45) is 0. The smallest absolute Gasteiger partial charge is 0.183 e. The van der Waals surface area contributed by atoms with Crippen LogP contribution < -0.4 is 10.1 Å². The number of benzene rings is 1. The molecule has 0 aliphatic carbocycles. The molecular weight excluding hydrogens is 282 g/mol. The summed E-state index contributed by atoms with van der Waals surface area (Å²) in [5.41, 5.74) is 4.46. The molecule has 3 rings (SSSR count). The maximum atomic E-state index is 5.63. The molecule has 2 N–H and O–H groups in total. The molecule has 5 heteroatoms. The zero-order valence-corrected chi connectivity index (χ0v) is 13.5. The van der Waals surface area contributed by atoms with Crippen LogP contribution in [0.4, 0.5) is 5.13 Å². The third-order valence-electron chi connectivity index (χ3n) is 3.52. The lowest BCUT2D eigenvalue weighted by Crippen LogP contribution is -1.91. The first-order chi connectivity index (χ1) is 10.1. The van der Waals surface area contributed by atoms with Gasteiger partial charge in [0.15, 0.2) is 5.13 Å². The molecule has 0 fully saturated rings. The number of ether oxygens (including phenoxy) is 1. The third-order valence-corrected chi connectivity index (χ3v) is 4.50. The van der Waals surface area contributed by atoms with Gasteiger partial charge in [-0.3, -0.25) is 0 Å². The van der Waals surface area contributed by atoms with Crippen LogP contribution in [-0.4, -0.2) is 23.6 Å². The van der Waals surface area contributed by atoms with E-state index >= 15 is 0 Å². The van der Waals surface area contributed by atoms with E-state index in [0.717, 1.165) is 33.2 Å². The third kappa shape index (κ3) is 2.38. The average Bonchev–Trinajstić information content (AvgIpc) is 2.98. The molecule has 0 saturated carbocycles. The van der Waals surface area contributed by atoms with E-state index in [-0.39, 0.29) is 0 Å². The zero-order chi connectivity index (χ0) is 15.0. The van der Waals surface area contributed by atoms with Gasteiger partial charge in [-0.2, -0.15) is 0 Å². The van der Waals surface area contributed by atoms with Gasteiger partial charge in [0.2, 0.25) is 0 Å². The van der Waals surface area contributed by atoms with Gasteiger partial charge in [-0.15, -0.1) is 11.3 Å². The summed E-state index contributed by atoms with van der Waals surface area (Å²) in [6, 6.07) is 6.16. The summed E-state index contributed by atoms with van der Waals surface area (Å²) < 4.78 is 5.63. The number of hydrogen-bond acceptors (Lipinski definition) is 4. The quantitative estimate of drug-likeness (QED) is 0.753. The summed E-state index contributed by atoms with van der Waals surface area (Å²) in [4.78, 5) is 9.36. The monoisotopic (exact) mass is 301 g/mol. The maximum Gasteiger partial charge on any atom is 0.183 e. The molecule has 4 nitrogen and oxygen atoms in total. The normalized spacial score (nSPS) is 11.0. The predicted octanol–water partition coefficient (Wildman–Crippen LogP) is 4.35. The van der Waals surface area contributed by atoms with E-state index in [1.54, 1.807) is 11.3 Å². The van der Waals surface area contributed by atoms with Gasteiger partial charge in [-0.25, -0.2) is 4.98 Å². The van der Waals surface area contributed by atoms with Gasteiger partial charge in [0, 0.05) is 34.1 Å². The molecule has 21 heavy (non-hydrogen) atoms. The fourth-order valence-corrected chi connectivity index (χ4v) is 3.38. The molecule has 0 atom stereocenters.